The van der Waals surface area contributed by atoms with Crippen molar-refractivity contribution in [3.63, 3.8) is 0 Å². The lowest BCUT2D eigenvalue weighted by molar-refractivity contribution is -0.384. The van der Waals surface area contributed by atoms with Crippen molar-refractivity contribution in [1.29, 1.82) is 0 Å². The third-order valence-corrected chi connectivity index (χ3v) is 4.09. The first kappa shape index (κ1) is 20.2. The Morgan fingerprint density at radius 1 is 1.22 bits per heavy atom. The van der Waals surface area contributed by atoms with E-state index in [1.165, 1.54) is 17.0 Å². The maximum absolute atomic E-state index is 12.6. The number of benzene rings is 2. The highest BCUT2D eigenvalue weighted by molar-refractivity contribution is 6.32. The Morgan fingerprint density at radius 3 is 2.44 bits per heavy atom. The zero-order valence-electron chi connectivity index (χ0n) is 14.8. The number of anilines is 1. The zero-order chi connectivity index (χ0) is 20.0. The second-order valence-electron chi connectivity index (χ2n) is 5.52. The van der Waals surface area contributed by atoms with Crippen LogP contribution in [-0.2, 0) is 4.79 Å². The molecule has 0 aliphatic heterocycles. The van der Waals surface area contributed by atoms with Gasteiger partial charge in [0, 0.05) is 23.9 Å². The fraction of sp³-hybridized carbons (Fsp3) is 0.222. The number of carbonyl (C=O) groups is 2. The number of carbonyl (C=O) groups excluding carboxylic acids is 2. The summed E-state index contributed by atoms with van der Waals surface area (Å²) in [7, 11) is 1.54. The molecule has 0 aliphatic rings. The largest absolute Gasteiger partial charge is 0.497 e. The summed E-state index contributed by atoms with van der Waals surface area (Å²) in [5.74, 6) is -0.233. The Morgan fingerprint density at radius 2 is 1.89 bits per heavy atom. The van der Waals surface area contributed by atoms with Crippen molar-refractivity contribution in [3.05, 3.63) is 63.2 Å². The molecule has 0 unspecified atom stereocenters. The van der Waals surface area contributed by atoms with Gasteiger partial charge in [-0.2, -0.15) is 0 Å². The van der Waals surface area contributed by atoms with Gasteiger partial charge < -0.3 is 15.0 Å². The summed E-state index contributed by atoms with van der Waals surface area (Å²) in [6.07, 6.45) is 0. The first-order valence-corrected chi connectivity index (χ1v) is 8.40. The average molecular weight is 392 g/mol. The molecule has 9 heteroatoms. The molecule has 0 aliphatic carbocycles. The average Bonchev–Trinajstić information content (AvgIpc) is 2.66. The van der Waals surface area contributed by atoms with Crippen molar-refractivity contribution >= 4 is 34.8 Å². The first-order chi connectivity index (χ1) is 12.8. The number of methoxy groups -OCH3 is 1. The fourth-order valence-corrected chi connectivity index (χ4v) is 2.53. The first-order valence-electron chi connectivity index (χ1n) is 8.02. The molecule has 0 fully saturated rings. The van der Waals surface area contributed by atoms with E-state index < -0.39 is 10.8 Å². The predicted octanol–water partition coefficient (Wildman–Crippen LogP) is 3.36. The number of likely N-dealkylation sites (N-methyl/N-ethyl adjacent to an activating group) is 1. The van der Waals surface area contributed by atoms with Crippen LogP contribution >= 0.6 is 11.6 Å². The number of nitrogens with zero attached hydrogens (tertiary/aromatic N) is 2. The third kappa shape index (κ3) is 5.18. The van der Waals surface area contributed by atoms with Crippen LogP contribution in [0, 0.1) is 10.1 Å². The molecule has 0 bridgehead atoms. The van der Waals surface area contributed by atoms with Crippen LogP contribution in [0.1, 0.15) is 17.3 Å². The third-order valence-electron chi connectivity index (χ3n) is 3.77. The summed E-state index contributed by atoms with van der Waals surface area (Å²) in [5, 5.41) is 13.6. The SMILES string of the molecule is CCN(CC(=O)Nc1ccc(OC)cc1)C(=O)c1ccc(Cl)c([N+](=O)[O-])c1. The highest BCUT2D eigenvalue weighted by atomic mass is 35.5. The molecule has 2 rings (SSSR count). The molecular weight excluding hydrogens is 374 g/mol. The minimum absolute atomic E-state index is 0.0585. The van der Waals surface area contributed by atoms with Gasteiger partial charge in [0.2, 0.25) is 5.91 Å². The number of nitro benzene ring substituents is 1. The molecule has 27 heavy (non-hydrogen) atoms. The fourth-order valence-electron chi connectivity index (χ4n) is 2.34. The second-order valence-corrected chi connectivity index (χ2v) is 5.93. The number of halogens is 1. The smallest absolute Gasteiger partial charge is 0.288 e. The van der Waals surface area contributed by atoms with E-state index in [9.17, 15) is 19.7 Å². The minimum Gasteiger partial charge on any atom is -0.497 e. The molecule has 0 spiro atoms. The highest BCUT2D eigenvalue weighted by Gasteiger charge is 2.21. The molecule has 0 atom stereocenters. The maximum atomic E-state index is 12.6. The van der Waals surface area contributed by atoms with Gasteiger partial charge in [-0.05, 0) is 43.3 Å². The van der Waals surface area contributed by atoms with Crippen molar-refractivity contribution in [1.82, 2.24) is 4.90 Å². The number of rotatable bonds is 7. The molecule has 2 aromatic rings. The van der Waals surface area contributed by atoms with Crippen LogP contribution in [0.25, 0.3) is 0 Å². The highest BCUT2D eigenvalue weighted by Crippen LogP contribution is 2.25. The number of hydrogen-bond acceptors (Lipinski definition) is 5. The monoisotopic (exact) mass is 391 g/mol. The van der Waals surface area contributed by atoms with Gasteiger partial charge in [0.1, 0.15) is 17.3 Å². The van der Waals surface area contributed by atoms with Crippen LogP contribution in [-0.4, -0.2) is 41.8 Å². The van der Waals surface area contributed by atoms with Gasteiger partial charge >= 0.3 is 0 Å². The van der Waals surface area contributed by atoms with Crippen LogP contribution in [0.3, 0.4) is 0 Å². The lowest BCUT2D eigenvalue weighted by Gasteiger charge is -2.20. The van der Waals surface area contributed by atoms with Gasteiger partial charge in [0.25, 0.3) is 11.6 Å². The molecule has 1 N–H and O–H groups in total. The van der Waals surface area contributed by atoms with E-state index in [0.717, 1.165) is 6.07 Å². The summed E-state index contributed by atoms with van der Waals surface area (Å²) < 4.78 is 5.05. The summed E-state index contributed by atoms with van der Waals surface area (Å²) in [6.45, 7) is 1.77. The number of ether oxygens (including phenoxy) is 1. The van der Waals surface area contributed by atoms with Crippen LogP contribution in [0.15, 0.2) is 42.5 Å². The van der Waals surface area contributed by atoms with E-state index in [1.807, 2.05) is 0 Å². The van der Waals surface area contributed by atoms with E-state index >= 15 is 0 Å². The van der Waals surface area contributed by atoms with Crippen LogP contribution in [0.2, 0.25) is 5.02 Å². The Hall–Kier alpha value is -3.13. The lowest BCUT2D eigenvalue weighted by Crippen LogP contribution is -2.37. The van der Waals surface area contributed by atoms with Crippen molar-refractivity contribution in [2.45, 2.75) is 6.92 Å². The van der Waals surface area contributed by atoms with Crippen molar-refractivity contribution in [2.75, 3.05) is 25.5 Å². The molecule has 2 amide bonds. The summed E-state index contributed by atoms with van der Waals surface area (Å²) in [5.41, 5.74) is 0.290. The van der Waals surface area contributed by atoms with Crippen LogP contribution in [0.5, 0.6) is 5.75 Å². The van der Waals surface area contributed by atoms with E-state index in [2.05, 4.69) is 5.32 Å². The van der Waals surface area contributed by atoms with Gasteiger partial charge in [-0.15, -0.1) is 0 Å². The van der Waals surface area contributed by atoms with E-state index in [1.54, 1.807) is 38.3 Å². The number of nitro groups is 1. The standard InChI is InChI=1S/C18H18ClN3O5/c1-3-21(11-17(23)20-13-5-7-14(27-2)8-6-13)18(24)12-4-9-15(19)16(10-12)22(25)26/h4-10H,3,11H2,1-2H3,(H,20,23). The molecule has 0 radical (unpaired) electrons. The molecule has 0 aromatic heterocycles. The summed E-state index contributed by atoms with van der Waals surface area (Å²) in [6, 6.07) is 10.5. The minimum atomic E-state index is -0.661. The number of amides is 2. The number of nitrogens with one attached hydrogen (secondary N) is 1. The van der Waals surface area contributed by atoms with Gasteiger partial charge in [0.15, 0.2) is 0 Å². The van der Waals surface area contributed by atoms with Crippen LogP contribution in [0.4, 0.5) is 11.4 Å². The summed E-state index contributed by atoms with van der Waals surface area (Å²) in [4.78, 5) is 36.4. The lowest BCUT2D eigenvalue weighted by atomic mass is 10.1. The molecule has 142 valence electrons. The molecule has 2 aromatic carbocycles. The topological polar surface area (TPSA) is 102 Å². The number of hydrogen-bond donors (Lipinski definition) is 1. The van der Waals surface area contributed by atoms with Crippen LogP contribution < -0.4 is 10.1 Å². The predicted molar refractivity (Wildman–Crippen MR) is 101 cm³/mol. The van der Waals surface area contributed by atoms with Crippen molar-refractivity contribution in [3.8, 4) is 5.75 Å². The molecule has 0 heterocycles. The quantitative estimate of drug-likeness (QED) is 0.576. The van der Waals surface area contributed by atoms with Gasteiger partial charge in [-0.1, -0.05) is 11.6 Å². The molecular formula is C18H18ClN3O5. The molecule has 8 nitrogen and oxygen atoms in total. The summed E-state index contributed by atoms with van der Waals surface area (Å²) >= 11 is 5.77. The van der Waals surface area contributed by atoms with Crippen molar-refractivity contribution < 1.29 is 19.2 Å². The van der Waals surface area contributed by atoms with Gasteiger partial charge in [0.05, 0.1) is 12.0 Å². The Labute approximate surface area is 160 Å². The van der Waals surface area contributed by atoms with Gasteiger partial charge in [-0.25, -0.2) is 0 Å². The van der Waals surface area contributed by atoms with E-state index in [-0.39, 0.29) is 35.3 Å². The second kappa shape index (κ2) is 9.00. The normalized spacial score (nSPS) is 10.2. The Kier molecular flexibility index (Phi) is 6.73. The van der Waals surface area contributed by atoms with E-state index in [0.29, 0.717) is 11.4 Å². The zero-order valence-corrected chi connectivity index (χ0v) is 15.5. The Bertz CT molecular complexity index is 855. The Balaban J connectivity index is 2.09. The van der Waals surface area contributed by atoms with E-state index in [4.69, 9.17) is 16.3 Å². The molecule has 0 saturated heterocycles. The van der Waals surface area contributed by atoms with Gasteiger partial charge in [-0.3, -0.25) is 19.7 Å². The maximum Gasteiger partial charge on any atom is 0.288 e. The van der Waals surface area contributed by atoms with Crippen molar-refractivity contribution in [2.24, 2.45) is 0 Å². The molecule has 0 saturated carbocycles.